The fourth-order valence-electron chi connectivity index (χ4n) is 0.833. The first-order chi connectivity index (χ1) is 6.04. The molecule has 0 aliphatic carbocycles. The predicted octanol–water partition coefficient (Wildman–Crippen LogP) is -2.93. The van der Waals surface area contributed by atoms with Crippen LogP contribution in [0.5, 0.6) is 0 Å². The van der Waals surface area contributed by atoms with Crippen LogP contribution in [-0.2, 0) is 4.74 Å². The smallest absolute Gasteiger partial charge is 0.111 e. The first kappa shape index (κ1) is 12.8. The highest BCUT2D eigenvalue weighted by atomic mass is 16.5. The average molecular weight is 196 g/mol. The van der Waals surface area contributed by atoms with Crippen molar-refractivity contribution in [1.82, 2.24) is 0 Å². The van der Waals surface area contributed by atoms with Gasteiger partial charge in [0.15, 0.2) is 0 Å². The lowest BCUT2D eigenvalue weighted by molar-refractivity contribution is -0.126. The average Bonchev–Trinajstić information content (AvgIpc) is 2.14. The van der Waals surface area contributed by atoms with Crippen LogP contribution >= 0.6 is 0 Å². The van der Waals surface area contributed by atoms with E-state index in [0.717, 1.165) is 0 Å². The summed E-state index contributed by atoms with van der Waals surface area (Å²) in [6.07, 6.45) is -5.89. The van der Waals surface area contributed by atoms with Crippen LogP contribution in [0.1, 0.15) is 0 Å². The molecule has 0 aliphatic heterocycles. The Morgan fingerprint density at radius 1 is 1.00 bits per heavy atom. The molecule has 0 aromatic carbocycles. The van der Waals surface area contributed by atoms with Crippen molar-refractivity contribution in [3.05, 3.63) is 0 Å². The van der Waals surface area contributed by atoms with Crippen LogP contribution < -0.4 is 0 Å². The van der Waals surface area contributed by atoms with Gasteiger partial charge in [0.2, 0.25) is 0 Å². The van der Waals surface area contributed by atoms with Gasteiger partial charge in [-0.2, -0.15) is 0 Å². The molecule has 0 amide bonds. The molecule has 0 spiro atoms. The quantitative estimate of drug-likeness (QED) is 0.311. The van der Waals surface area contributed by atoms with E-state index in [-0.39, 0.29) is 6.61 Å². The van der Waals surface area contributed by atoms with Gasteiger partial charge in [-0.15, -0.1) is 0 Å². The molecule has 0 radical (unpaired) electrons. The molecule has 0 bridgehead atoms. The van der Waals surface area contributed by atoms with Gasteiger partial charge in [0.25, 0.3) is 0 Å². The Hall–Kier alpha value is -0.240. The molecular formula is C7H16O6. The summed E-state index contributed by atoms with van der Waals surface area (Å²) in [4.78, 5) is 0. The SMILES string of the molecule is COC[C@H](O)[C@@H](O)[C@H](O)[C@H](O)CO. The molecule has 4 atom stereocenters. The summed E-state index contributed by atoms with van der Waals surface area (Å²) >= 11 is 0. The highest BCUT2D eigenvalue weighted by molar-refractivity contribution is 4.80. The van der Waals surface area contributed by atoms with Crippen LogP contribution in [0.2, 0.25) is 0 Å². The van der Waals surface area contributed by atoms with E-state index in [0.29, 0.717) is 0 Å². The van der Waals surface area contributed by atoms with E-state index < -0.39 is 31.0 Å². The van der Waals surface area contributed by atoms with E-state index in [1.807, 2.05) is 0 Å². The summed E-state index contributed by atoms with van der Waals surface area (Å²) in [5, 5.41) is 44.7. The van der Waals surface area contributed by atoms with E-state index in [1.165, 1.54) is 7.11 Å². The number of hydrogen-bond donors (Lipinski definition) is 5. The number of aliphatic hydroxyl groups excluding tert-OH is 5. The lowest BCUT2D eigenvalue weighted by Gasteiger charge is -2.24. The normalized spacial score (nSPS) is 20.8. The summed E-state index contributed by atoms with van der Waals surface area (Å²) in [5.41, 5.74) is 0. The molecule has 0 heterocycles. The summed E-state index contributed by atoms with van der Waals surface area (Å²) in [5.74, 6) is 0. The maximum Gasteiger partial charge on any atom is 0.111 e. The van der Waals surface area contributed by atoms with Crippen molar-refractivity contribution in [3.63, 3.8) is 0 Å². The van der Waals surface area contributed by atoms with Crippen molar-refractivity contribution in [1.29, 1.82) is 0 Å². The molecule has 0 rings (SSSR count). The second kappa shape index (κ2) is 6.25. The van der Waals surface area contributed by atoms with Crippen LogP contribution in [0.25, 0.3) is 0 Å². The van der Waals surface area contributed by atoms with Crippen molar-refractivity contribution in [2.24, 2.45) is 0 Å². The Labute approximate surface area is 76.0 Å². The van der Waals surface area contributed by atoms with Crippen molar-refractivity contribution >= 4 is 0 Å². The van der Waals surface area contributed by atoms with Crippen LogP contribution in [0.4, 0.5) is 0 Å². The van der Waals surface area contributed by atoms with Gasteiger partial charge in [-0.05, 0) is 0 Å². The predicted molar refractivity (Wildman–Crippen MR) is 43.0 cm³/mol. The largest absolute Gasteiger partial charge is 0.394 e. The molecule has 0 saturated carbocycles. The molecule has 0 aromatic rings. The third kappa shape index (κ3) is 3.99. The van der Waals surface area contributed by atoms with E-state index >= 15 is 0 Å². The zero-order chi connectivity index (χ0) is 10.4. The molecule has 13 heavy (non-hydrogen) atoms. The van der Waals surface area contributed by atoms with E-state index in [4.69, 9.17) is 25.5 Å². The first-order valence-corrected chi connectivity index (χ1v) is 3.86. The Kier molecular flexibility index (Phi) is 6.13. The molecule has 0 fully saturated rings. The number of aliphatic hydroxyl groups is 5. The van der Waals surface area contributed by atoms with E-state index in [2.05, 4.69) is 4.74 Å². The first-order valence-electron chi connectivity index (χ1n) is 3.86. The maximum atomic E-state index is 9.17. The summed E-state index contributed by atoms with van der Waals surface area (Å²) < 4.78 is 4.52. The molecule has 5 N–H and O–H groups in total. The molecule has 0 aliphatic rings. The van der Waals surface area contributed by atoms with Crippen LogP contribution in [0.3, 0.4) is 0 Å². The van der Waals surface area contributed by atoms with E-state index in [9.17, 15) is 0 Å². The lowest BCUT2D eigenvalue weighted by Crippen LogP contribution is -2.47. The standard InChI is InChI=1S/C7H16O6/c1-13-3-5(10)7(12)6(11)4(9)2-8/h4-12H,2-3H2,1H3/t4-,5+,6-,7-/m1/s1. The number of ether oxygens (including phenoxy) is 1. The second-order valence-electron chi connectivity index (χ2n) is 2.75. The van der Waals surface area contributed by atoms with Crippen LogP contribution in [0.15, 0.2) is 0 Å². The van der Waals surface area contributed by atoms with Gasteiger partial charge in [-0.1, -0.05) is 0 Å². The molecule has 0 unspecified atom stereocenters. The van der Waals surface area contributed by atoms with Gasteiger partial charge in [0, 0.05) is 7.11 Å². The van der Waals surface area contributed by atoms with Gasteiger partial charge in [0.05, 0.1) is 13.2 Å². The molecule has 6 nitrogen and oxygen atoms in total. The van der Waals surface area contributed by atoms with Crippen molar-refractivity contribution in [3.8, 4) is 0 Å². The molecule has 0 aromatic heterocycles. The summed E-state index contributed by atoms with van der Waals surface area (Å²) in [6, 6.07) is 0. The van der Waals surface area contributed by atoms with E-state index in [1.54, 1.807) is 0 Å². The Balaban J connectivity index is 3.99. The van der Waals surface area contributed by atoms with Crippen LogP contribution in [0, 0.1) is 0 Å². The van der Waals surface area contributed by atoms with Gasteiger partial charge >= 0.3 is 0 Å². The Morgan fingerprint density at radius 3 is 1.85 bits per heavy atom. The molecular weight excluding hydrogens is 180 g/mol. The van der Waals surface area contributed by atoms with Gasteiger partial charge in [0.1, 0.15) is 24.4 Å². The Morgan fingerprint density at radius 2 is 1.46 bits per heavy atom. The fraction of sp³-hybridized carbons (Fsp3) is 1.00. The van der Waals surface area contributed by atoms with Crippen molar-refractivity contribution < 1.29 is 30.3 Å². The highest BCUT2D eigenvalue weighted by Crippen LogP contribution is 2.04. The molecule has 6 heteroatoms. The molecule has 0 saturated heterocycles. The third-order valence-electron chi connectivity index (χ3n) is 1.66. The molecule has 80 valence electrons. The minimum atomic E-state index is -1.59. The van der Waals surface area contributed by atoms with Crippen LogP contribution in [-0.4, -0.2) is 70.3 Å². The third-order valence-corrected chi connectivity index (χ3v) is 1.66. The number of rotatable bonds is 6. The fourth-order valence-corrected chi connectivity index (χ4v) is 0.833. The number of hydrogen-bond acceptors (Lipinski definition) is 6. The zero-order valence-corrected chi connectivity index (χ0v) is 7.37. The zero-order valence-electron chi connectivity index (χ0n) is 7.37. The maximum absolute atomic E-state index is 9.17. The topological polar surface area (TPSA) is 110 Å². The Bertz CT molecular complexity index is 130. The second-order valence-corrected chi connectivity index (χ2v) is 2.75. The summed E-state index contributed by atoms with van der Waals surface area (Å²) in [6.45, 7) is -0.839. The highest BCUT2D eigenvalue weighted by Gasteiger charge is 2.29. The lowest BCUT2D eigenvalue weighted by atomic mass is 10.0. The van der Waals surface area contributed by atoms with Crippen molar-refractivity contribution in [2.45, 2.75) is 24.4 Å². The van der Waals surface area contributed by atoms with Gasteiger partial charge < -0.3 is 30.3 Å². The minimum Gasteiger partial charge on any atom is -0.394 e. The van der Waals surface area contributed by atoms with Crippen molar-refractivity contribution in [2.75, 3.05) is 20.3 Å². The summed E-state index contributed by atoms with van der Waals surface area (Å²) in [7, 11) is 1.32. The number of methoxy groups -OCH3 is 1. The van der Waals surface area contributed by atoms with Gasteiger partial charge in [-0.25, -0.2) is 0 Å². The minimum absolute atomic E-state index is 0.156. The monoisotopic (exact) mass is 196 g/mol. The van der Waals surface area contributed by atoms with Gasteiger partial charge in [-0.3, -0.25) is 0 Å².